The summed E-state index contributed by atoms with van der Waals surface area (Å²) in [6.45, 7) is 5.56. The largest absolute Gasteiger partial charge is 0.491 e. The molecule has 2 aliphatic heterocycles. The number of likely N-dealkylation sites (tertiary alicyclic amines) is 1. The van der Waals surface area contributed by atoms with Crippen LogP contribution >= 0.6 is 11.3 Å². The molecule has 0 radical (unpaired) electrons. The summed E-state index contributed by atoms with van der Waals surface area (Å²) < 4.78 is 11.8. The summed E-state index contributed by atoms with van der Waals surface area (Å²) in [6, 6.07) is 6.09. The second-order valence-electron chi connectivity index (χ2n) is 6.35. The van der Waals surface area contributed by atoms with Crippen LogP contribution in [0.1, 0.15) is 5.56 Å². The van der Waals surface area contributed by atoms with Gasteiger partial charge in [0, 0.05) is 37.2 Å². The summed E-state index contributed by atoms with van der Waals surface area (Å²) >= 11 is 1.77. The second-order valence-corrected chi connectivity index (χ2v) is 7.13. The van der Waals surface area contributed by atoms with Gasteiger partial charge in [-0.15, -0.1) is 0 Å². The van der Waals surface area contributed by atoms with E-state index in [9.17, 15) is 0 Å². The van der Waals surface area contributed by atoms with Crippen LogP contribution in [0.15, 0.2) is 41.4 Å². The number of ether oxygens (including phenoxy) is 2. The molecule has 22 heavy (non-hydrogen) atoms. The number of pyridine rings is 1. The number of nitrogens with zero attached hydrogens (tertiary/aromatic N) is 2. The van der Waals surface area contributed by atoms with E-state index in [1.807, 2.05) is 12.1 Å². The monoisotopic (exact) mass is 316 g/mol. The summed E-state index contributed by atoms with van der Waals surface area (Å²) in [7, 11) is 0. The van der Waals surface area contributed by atoms with Crippen molar-refractivity contribution in [1.82, 2.24) is 9.88 Å². The molecule has 4 nitrogen and oxygen atoms in total. The number of aromatic nitrogens is 1. The highest BCUT2D eigenvalue weighted by atomic mass is 32.1. The highest BCUT2D eigenvalue weighted by Gasteiger charge is 2.51. The number of hydrogen-bond donors (Lipinski definition) is 0. The standard InChI is InChI=1S/C17H20N2O2S/c1-2-16(6-18-4-1)21-13-17-11-19(7-14-3-5-22-10-14)8-15(17)9-20-12-17/h1-6,10,15H,7-9,11-13H2/t15-,17+/m1/s1. The van der Waals surface area contributed by atoms with E-state index in [1.165, 1.54) is 5.56 Å². The molecule has 0 N–H and O–H groups in total. The first-order valence-electron chi connectivity index (χ1n) is 7.68. The van der Waals surface area contributed by atoms with Crippen molar-refractivity contribution in [2.24, 2.45) is 11.3 Å². The summed E-state index contributed by atoms with van der Waals surface area (Å²) in [4.78, 5) is 6.66. The van der Waals surface area contributed by atoms with Gasteiger partial charge < -0.3 is 9.47 Å². The molecule has 5 heteroatoms. The zero-order valence-corrected chi connectivity index (χ0v) is 13.3. The lowest BCUT2D eigenvalue weighted by molar-refractivity contribution is 0.0899. The van der Waals surface area contributed by atoms with Crippen LogP contribution in [0.5, 0.6) is 5.75 Å². The molecule has 4 rings (SSSR count). The van der Waals surface area contributed by atoms with Gasteiger partial charge in [0.1, 0.15) is 5.75 Å². The van der Waals surface area contributed by atoms with Crippen molar-refractivity contribution >= 4 is 11.3 Å². The number of hydrogen-bond acceptors (Lipinski definition) is 5. The first kappa shape index (κ1) is 14.2. The van der Waals surface area contributed by atoms with Crippen molar-refractivity contribution in [3.05, 3.63) is 46.9 Å². The van der Waals surface area contributed by atoms with E-state index in [0.717, 1.165) is 38.6 Å². The normalized spacial score (nSPS) is 27.9. The van der Waals surface area contributed by atoms with Gasteiger partial charge in [0.25, 0.3) is 0 Å². The lowest BCUT2D eigenvalue weighted by atomic mass is 9.82. The molecule has 116 valence electrons. The van der Waals surface area contributed by atoms with Gasteiger partial charge in [-0.2, -0.15) is 11.3 Å². The first-order valence-corrected chi connectivity index (χ1v) is 8.62. The molecule has 0 aromatic carbocycles. The van der Waals surface area contributed by atoms with Crippen LogP contribution in [0.3, 0.4) is 0 Å². The second kappa shape index (κ2) is 5.99. The van der Waals surface area contributed by atoms with E-state index in [4.69, 9.17) is 9.47 Å². The number of fused-ring (bicyclic) bond motifs is 1. The Hall–Kier alpha value is -1.43. The molecule has 2 aliphatic rings. The third-order valence-corrected chi connectivity index (χ3v) is 5.47. The lowest BCUT2D eigenvalue weighted by Crippen LogP contribution is -2.36. The van der Waals surface area contributed by atoms with E-state index in [0.29, 0.717) is 12.5 Å². The summed E-state index contributed by atoms with van der Waals surface area (Å²) in [6.07, 6.45) is 3.55. The number of rotatable bonds is 5. The molecule has 0 amide bonds. The zero-order valence-electron chi connectivity index (χ0n) is 12.5. The first-order chi connectivity index (χ1) is 10.8. The van der Waals surface area contributed by atoms with Crippen molar-refractivity contribution in [2.45, 2.75) is 6.54 Å². The molecule has 0 spiro atoms. The average Bonchev–Trinajstić information content (AvgIpc) is 3.23. The minimum atomic E-state index is 0.131. The molecule has 2 atom stereocenters. The van der Waals surface area contributed by atoms with E-state index in [-0.39, 0.29) is 5.41 Å². The van der Waals surface area contributed by atoms with Crippen LogP contribution in [0, 0.1) is 11.3 Å². The molecule has 2 aromatic heterocycles. The highest BCUT2D eigenvalue weighted by Crippen LogP contribution is 2.42. The van der Waals surface area contributed by atoms with Gasteiger partial charge in [0.05, 0.1) is 26.0 Å². The van der Waals surface area contributed by atoms with Crippen molar-refractivity contribution < 1.29 is 9.47 Å². The lowest BCUT2D eigenvalue weighted by Gasteiger charge is -2.27. The summed E-state index contributed by atoms with van der Waals surface area (Å²) in [5, 5.41) is 4.39. The summed E-state index contributed by atoms with van der Waals surface area (Å²) in [5.41, 5.74) is 1.54. The molecule has 4 heterocycles. The van der Waals surface area contributed by atoms with E-state index in [2.05, 4.69) is 26.7 Å². The highest BCUT2D eigenvalue weighted by molar-refractivity contribution is 7.07. The quantitative estimate of drug-likeness (QED) is 0.849. The van der Waals surface area contributed by atoms with Crippen molar-refractivity contribution in [1.29, 1.82) is 0 Å². The smallest absolute Gasteiger partial charge is 0.137 e. The molecular weight excluding hydrogens is 296 g/mol. The Morgan fingerprint density at radius 3 is 3.27 bits per heavy atom. The maximum absolute atomic E-state index is 6.01. The van der Waals surface area contributed by atoms with Crippen LogP contribution in [0.2, 0.25) is 0 Å². The maximum atomic E-state index is 6.01. The minimum Gasteiger partial charge on any atom is -0.491 e. The fourth-order valence-corrected chi connectivity index (χ4v) is 4.23. The van der Waals surface area contributed by atoms with E-state index < -0.39 is 0 Å². The Labute approximate surface area is 134 Å². The van der Waals surface area contributed by atoms with Crippen LogP contribution in [0.4, 0.5) is 0 Å². The Morgan fingerprint density at radius 1 is 1.45 bits per heavy atom. The molecular formula is C17H20N2O2S. The van der Waals surface area contributed by atoms with Crippen LogP contribution in [-0.2, 0) is 11.3 Å². The number of thiophene rings is 1. The maximum Gasteiger partial charge on any atom is 0.137 e. The third kappa shape index (κ3) is 2.76. The van der Waals surface area contributed by atoms with E-state index in [1.54, 1.807) is 23.7 Å². The Bertz CT molecular complexity index is 604. The average molecular weight is 316 g/mol. The predicted octanol–water partition coefficient (Wildman–Crippen LogP) is 2.67. The van der Waals surface area contributed by atoms with Gasteiger partial charge in [0.15, 0.2) is 0 Å². The Balaban J connectivity index is 1.42. The van der Waals surface area contributed by atoms with Crippen molar-refractivity contribution in [2.75, 3.05) is 32.9 Å². The molecule has 2 saturated heterocycles. The van der Waals surface area contributed by atoms with Crippen LogP contribution < -0.4 is 4.74 Å². The fraction of sp³-hybridized carbons (Fsp3) is 0.471. The van der Waals surface area contributed by atoms with Crippen molar-refractivity contribution in [3.63, 3.8) is 0 Å². The molecule has 2 aromatic rings. The van der Waals surface area contributed by atoms with Crippen LogP contribution in [0.25, 0.3) is 0 Å². The van der Waals surface area contributed by atoms with Gasteiger partial charge >= 0.3 is 0 Å². The SMILES string of the molecule is c1cncc(OC[C@]23COC[C@H]2CN(Cc2ccsc2)C3)c1. The molecule has 2 fully saturated rings. The topological polar surface area (TPSA) is 34.6 Å². The third-order valence-electron chi connectivity index (χ3n) is 4.74. The minimum absolute atomic E-state index is 0.131. The van der Waals surface area contributed by atoms with E-state index >= 15 is 0 Å². The van der Waals surface area contributed by atoms with Crippen molar-refractivity contribution in [3.8, 4) is 5.75 Å². The Morgan fingerprint density at radius 2 is 2.45 bits per heavy atom. The predicted molar refractivity (Wildman–Crippen MR) is 86.1 cm³/mol. The summed E-state index contributed by atoms with van der Waals surface area (Å²) in [5.74, 6) is 1.42. The molecule has 0 bridgehead atoms. The Kier molecular flexibility index (Phi) is 3.86. The van der Waals surface area contributed by atoms with Gasteiger partial charge in [-0.05, 0) is 34.5 Å². The van der Waals surface area contributed by atoms with Gasteiger partial charge in [0.2, 0.25) is 0 Å². The zero-order chi connectivity index (χ0) is 14.8. The van der Waals surface area contributed by atoms with Gasteiger partial charge in [-0.25, -0.2) is 0 Å². The van der Waals surface area contributed by atoms with Crippen LogP contribution in [-0.4, -0.2) is 42.8 Å². The molecule has 0 aliphatic carbocycles. The molecule has 0 saturated carbocycles. The van der Waals surface area contributed by atoms with Gasteiger partial charge in [-0.3, -0.25) is 9.88 Å². The molecule has 0 unspecified atom stereocenters. The van der Waals surface area contributed by atoms with Gasteiger partial charge in [-0.1, -0.05) is 0 Å². The fourth-order valence-electron chi connectivity index (χ4n) is 3.57.